The van der Waals surface area contributed by atoms with Gasteiger partial charge in [-0.1, -0.05) is 22.4 Å². The molecule has 1 N–H and O–H groups in total. The number of ether oxygens (including phenoxy) is 1. The van der Waals surface area contributed by atoms with Gasteiger partial charge in [0, 0.05) is 6.92 Å². The van der Waals surface area contributed by atoms with E-state index in [-0.39, 0.29) is 19.1 Å². The third-order valence-electron chi connectivity index (χ3n) is 3.02. The molecule has 0 bridgehead atoms. The Morgan fingerprint density at radius 1 is 1.17 bits per heavy atom. The molecule has 0 aliphatic carbocycles. The monoisotopic (exact) mass is 329 g/mol. The fourth-order valence-corrected chi connectivity index (χ4v) is 1.96. The zero-order valence-electron chi connectivity index (χ0n) is 13.1. The van der Waals surface area contributed by atoms with Crippen molar-refractivity contribution in [2.45, 2.75) is 20.4 Å². The molecule has 3 rings (SSSR count). The maximum atomic E-state index is 11.9. The molecule has 0 radical (unpaired) electrons. The van der Waals surface area contributed by atoms with E-state index in [4.69, 9.17) is 13.8 Å². The second kappa shape index (κ2) is 6.90. The average molecular weight is 329 g/mol. The molecule has 2 aromatic heterocycles. The summed E-state index contributed by atoms with van der Waals surface area (Å²) in [6.07, 6.45) is 0. The highest BCUT2D eigenvalue weighted by atomic mass is 16.5. The van der Waals surface area contributed by atoms with E-state index in [1.54, 1.807) is 32.0 Å². The lowest BCUT2D eigenvalue weighted by molar-refractivity contribution is -0.123. The highest BCUT2D eigenvalue weighted by Gasteiger charge is 2.13. The highest BCUT2D eigenvalue weighted by molar-refractivity contribution is 5.77. The van der Waals surface area contributed by atoms with Crippen molar-refractivity contribution in [3.05, 3.63) is 41.8 Å². The van der Waals surface area contributed by atoms with Crippen LogP contribution in [0.2, 0.25) is 0 Å². The van der Waals surface area contributed by atoms with E-state index >= 15 is 0 Å². The molecule has 124 valence electrons. The van der Waals surface area contributed by atoms with Gasteiger partial charge < -0.3 is 19.1 Å². The lowest BCUT2D eigenvalue weighted by Gasteiger charge is -2.08. The molecular formula is C15H15N5O4. The zero-order chi connectivity index (χ0) is 16.9. The fraction of sp³-hybridized carbons (Fsp3) is 0.267. The van der Waals surface area contributed by atoms with Crippen LogP contribution in [0.4, 0.5) is 0 Å². The SMILES string of the molecule is Cc1noc(-c2ccccc2OCC(=O)NCc2noc(C)n2)n1. The number of aromatic nitrogens is 4. The number of para-hydroxylation sites is 1. The molecule has 0 saturated carbocycles. The molecule has 0 saturated heterocycles. The molecule has 2 heterocycles. The first-order chi connectivity index (χ1) is 11.6. The molecule has 1 aromatic carbocycles. The molecular weight excluding hydrogens is 314 g/mol. The summed E-state index contributed by atoms with van der Waals surface area (Å²) in [7, 11) is 0. The standard InChI is InChI=1S/C15H15N5O4/c1-9-17-15(24-19-9)11-5-3-4-6-12(11)22-8-14(21)16-7-13-18-10(2)23-20-13/h3-6H,7-8H2,1-2H3,(H,16,21). The van der Waals surface area contributed by atoms with Gasteiger partial charge in [-0.3, -0.25) is 4.79 Å². The first-order valence-corrected chi connectivity index (χ1v) is 7.20. The van der Waals surface area contributed by atoms with Crippen LogP contribution in [-0.4, -0.2) is 32.8 Å². The van der Waals surface area contributed by atoms with Crippen LogP contribution in [0.5, 0.6) is 5.75 Å². The Labute approximate surface area is 137 Å². The van der Waals surface area contributed by atoms with E-state index in [9.17, 15) is 4.79 Å². The van der Waals surface area contributed by atoms with Gasteiger partial charge in [-0.05, 0) is 19.1 Å². The lowest BCUT2D eigenvalue weighted by atomic mass is 10.2. The van der Waals surface area contributed by atoms with Crippen molar-refractivity contribution in [1.29, 1.82) is 0 Å². The number of hydrogen-bond acceptors (Lipinski definition) is 8. The van der Waals surface area contributed by atoms with E-state index in [1.807, 2.05) is 6.07 Å². The van der Waals surface area contributed by atoms with Gasteiger partial charge in [0.15, 0.2) is 18.3 Å². The first kappa shape index (κ1) is 15.7. The molecule has 0 aliphatic rings. The summed E-state index contributed by atoms with van der Waals surface area (Å²) in [6.45, 7) is 3.41. The Balaban J connectivity index is 1.59. The van der Waals surface area contributed by atoms with Crippen molar-refractivity contribution in [2.75, 3.05) is 6.61 Å². The summed E-state index contributed by atoms with van der Waals surface area (Å²) in [5, 5.41) is 10.1. The number of nitrogens with one attached hydrogen (secondary N) is 1. The van der Waals surface area contributed by atoms with E-state index in [0.29, 0.717) is 34.7 Å². The topological polar surface area (TPSA) is 116 Å². The quantitative estimate of drug-likeness (QED) is 0.722. The molecule has 3 aromatic rings. The van der Waals surface area contributed by atoms with Crippen molar-refractivity contribution in [3.63, 3.8) is 0 Å². The molecule has 0 unspecified atom stereocenters. The molecule has 0 spiro atoms. The first-order valence-electron chi connectivity index (χ1n) is 7.20. The van der Waals surface area contributed by atoms with E-state index in [2.05, 4.69) is 25.6 Å². The van der Waals surface area contributed by atoms with Gasteiger partial charge in [-0.15, -0.1) is 0 Å². The summed E-state index contributed by atoms with van der Waals surface area (Å²) in [6, 6.07) is 7.12. The maximum Gasteiger partial charge on any atom is 0.261 e. The minimum atomic E-state index is -0.311. The summed E-state index contributed by atoms with van der Waals surface area (Å²) >= 11 is 0. The smallest absolute Gasteiger partial charge is 0.261 e. The summed E-state index contributed by atoms with van der Waals surface area (Å²) < 4.78 is 15.5. The Morgan fingerprint density at radius 3 is 2.71 bits per heavy atom. The second-order valence-corrected chi connectivity index (χ2v) is 4.94. The van der Waals surface area contributed by atoms with Crippen LogP contribution >= 0.6 is 0 Å². The number of rotatable bonds is 6. The normalized spacial score (nSPS) is 10.6. The van der Waals surface area contributed by atoms with Gasteiger partial charge in [0.1, 0.15) is 5.75 Å². The van der Waals surface area contributed by atoms with Crippen LogP contribution in [-0.2, 0) is 11.3 Å². The number of aryl methyl sites for hydroxylation is 2. The Kier molecular flexibility index (Phi) is 4.50. The third kappa shape index (κ3) is 3.75. The van der Waals surface area contributed by atoms with Crippen molar-refractivity contribution < 1.29 is 18.6 Å². The van der Waals surface area contributed by atoms with Gasteiger partial charge in [0.25, 0.3) is 11.8 Å². The number of hydrogen-bond donors (Lipinski definition) is 1. The fourth-order valence-electron chi connectivity index (χ4n) is 1.96. The third-order valence-corrected chi connectivity index (χ3v) is 3.02. The van der Waals surface area contributed by atoms with E-state index < -0.39 is 0 Å². The lowest BCUT2D eigenvalue weighted by Crippen LogP contribution is -2.28. The second-order valence-electron chi connectivity index (χ2n) is 4.94. The Bertz CT molecular complexity index is 842. The van der Waals surface area contributed by atoms with Gasteiger partial charge in [0.2, 0.25) is 5.89 Å². The van der Waals surface area contributed by atoms with Gasteiger partial charge in [0.05, 0.1) is 12.1 Å². The average Bonchev–Trinajstić information content (AvgIpc) is 3.19. The summed E-state index contributed by atoms with van der Waals surface area (Å²) in [4.78, 5) is 20.0. The summed E-state index contributed by atoms with van der Waals surface area (Å²) in [5.41, 5.74) is 0.625. The maximum absolute atomic E-state index is 11.9. The van der Waals surface area contributed by atoms with Crippen molar-refractivity contribution in [3.8, 4) is 17.2 Å². The van der Waals surface area contributed by atoms with Crippen LogP contribution < -0.4 is 10.1 Å². The molecule has 0 atom stereocenters. The van der Waals surface area contributed by atoms with E-state index in [0.717, 1.165) is 0 Å². The van der Waals surface area contributed by atoms with Crippen LogP contribution in [0.25, 0.3) is 11.5 Å². The molecule has 0 aliphatic heterocycles. The largest absolute Gasteiger partial charge is 0.483 e. The molecule has 9 nitrogen and oxygen atoms in total. The predicted octanol–water partition coefficient (Wildman–Crippen LogP) is 1.43. The van der Waals surface area contributed by atoms with Crippen molar-refractivity contribution >= 4 is 5.91 Å². The van der Waals surface area contributed by atoms with Crippen molar-refractivity contribution in [1.82, 2.24) is 25.6 Å². The Hall–Kier alpha value is -3.23. The number of carbonyl (C=O) groups excluding carboxylic acids is 1. The summed E-state index contributed by atoms with van der Waals surface area (Å²) in [5.74, 6) is 1.88. The minimum absolute atomic E-state index is 0.166. The molecule has 24 heavy (non-hydrogen) atoms. The van der Waals surface area contributed by atoms with Gasteiger partial charge in [-0.25, -0.2) is 0 Å². The molecule has 0 fully saturated rings. The predicted molar refractivity (Wildman–Crippen MR) is 80.8 cm³/mol. The zero-order valence-corrected chi connectivity index (χ0v) is 13.1. The van der Waals surface area contributed by atoms with Crippen molar-refractivity contribution in [2.24, 2.45) is 0 Å². The van der Waals surface area contributed by atoms with Gasteiger partial charge >= 0.3 is 0 Å². The number of carbonyl (C=O) groups is 1. The van der Waals surface area contributed by atoms with Crippen LogP contribution in [0.3, 0.4) is 0 Å². The Morgan fingerprint density at radius 2 is 2.00 bits per heavy atom. The number of amides is 1. The highest BCUT2D eigenvalue weighted by Crippen LogP contribution is 2.28. The molecule has 1 amide bonds. The number of benzene rings is 1. The van der Waals surface area contributed by atoms with Crippen LogP contribution in [0.1, 0.15) is 17.5 Å². The van der Waals surface area contributed by atoms with Crippen LogP contribution in [0, 0.1) is 13.8 Å². The van der Waals surface area contributed by atoms with Gasteiger partial charge in [-0.2, -0.15) is 9.97 Å². The van der Waals surface area contributed by atoms with E-state index in [1.165, 1.54) is 0 Å². The van der Waals surface area contributed by atoms with Crippen LogP contribution in [0.15, 0.2) is 33.3 Å². The minimum Gasteiger partial charge on any atom is -0.483 e. The molecule has 9 heteroatoms. The number of nitrogens with zero attached hydrogens (tertiary/aromatic N) is 4.